The number of hydrogen-bond acceptors (Lipinski definition) is 5. The fourth-order valence-electron chi connectivity index (χ4n) is 2.92. The van der Waals surface area contributed by atoms with Crippen molar-refractivity contribution in [3.8, 4) is 11.8 Å². The molecule has 0 aliphatic carbocycles. The van der Waals surface area contributed by atoms with Crippen LogP contribution >= 0.6 is 0 Å². The lowest BCUT2D eigenvalue weighted by atomic mass is 9.89. The van der Waals surface area contributed by atoms with Crippen LogP contribution in [-0.2, 0) is 9.53 Å². The first-order chi connectivity index (χ1) is 11.7. The van der Waals surface area contributed by atoms with Crippen molar-refractivity contribution >= 4 is 16.9 Å². The quantitative estimate of drug-likeness (QED) is 0.778. The van der Waals surface area contributed by atoms with Gasteiger partial charge < -0.3 is 9.47 Å². The largest absolute Gasteiger partial charge is 0.497 e. The molecule has 25 heavy (non-hydrogen) atoms. The van der Waals surface area contributed by atoms with Crippen LogP contribution in [0.2, 0.25) is 0 Å². The average molecular weight is 340 g/mol. The van der Waals surface area contributed by atoms with Gasteiger partial charge in [0.15, 0.2) is 0 Å². The minimum Gasteiger partial charge on any atom is -0.497 e. The normalized spacial score (nSPS) is 12.5. The average Bonchev–Trinajstić information content (AvgIpc) is 2.53. The van der Waals surface area contributed by atoms with Gasteiger partial charge in [-0.05, 0) is 52.3 Å². The van der Waals surface area contributed by atoms with E-state index >= 15 is 0 Å². The summed E-state index contributed by atoms with van der Waals surface area (Å²) in [6, 6.07) is 7.67. The van der Waals surface area contributed by atoms with E-state index in [1.165, 1.54) is 0 Å². The Labute approximate surface area is 148 Å². The zero-order valence-corrected chi connectivity index (χ0v) is 15.6. The smallest absolute Gasteiger partial charge is 0.314 e. The molecular formula is C20H24N2O3. The molecule has 0 spiro atoms. The molecule has 0 amide bonds. The first-order valence-corrected chi connectivity index (χ1v) is 8.33. The summed E-state index contributed by atoms with van der Waals surface area (Å²) in [7, 11) is 1.57. The molecule has 0 aliphatic rings. The van der Waals surface area contributed by atoms with Gasteiger partial charge in [0.1, 0.15) is 17.4 Å². The van der Waals surface area contributed by atoms with Crippen molar-refractivity contribution in [3.05, 3.63) is 35.0 Å². The number of esters is 1. The van der Waals surface area contributed by atoms with Gasteiger partial charge in [0.2, 0.25) is 0 Å². The van der Waals surface area contributed by atoms with Crippen molar-refractivity contribution in [1.82, 2.24) is 4.98 Å². The van der Waals surface area contributed by atoms with E-state index in [1.54, 1.807) is 19.2 Å². The topological polar surface area (TPSA) is 72.2 Å². The fraction of sp³-hybridized carbons (Fsp3) is 0.450. The molecule has 0 aliphatic heterocycles. The van der Waals surface area contributed by atoms with Crippen LogP contribution in [0.3, 0.4) is 0 Å². The number of carbonyl (C=O) groups excluding carboxylic acids is 1. The number of hydrogen-bond donors (Lipinski definition) is 0. The number of benzene rings is 1. The summed E-state index contributed by atoms with van der Waals surface area (Å²) in [6.07, 6.45) is 0.529. The SMILES string of the molecule is CCC(C(=O)OC(C)(C)C)c1c(C)nc2ccc(OC)cc2c1C#N. The highest BCUT2D eigenvalue weighted by molar-refractivity contribution is 5.90. The summed E-state index contributed by atoms with van der Waals surface area (Å²) in [6.45, 7) is 9.23. The van der Waals surface area contributed by atoms with Crippen LogP contribution in [0.25, 0.3) is 10.9 Å². The number of nitriles is 1. The predicted octanol–water partition coefficient (Wildman–Crippen LogP) is 4.26. The second kappa shape index (κ2) is 7.10. The van der Waals surface area contributed by atoms with E-state index in [4.69, 9.17) is 9.47 Å². The first kappa shape index (κ1) is 18.7. The van der Waals surface area contributed by atoms with Gasteiger partial charge in [0, 0.05) is 16.6 Å². The Morgan fingerprint density at radius 2 is 2.04 bits per heavy atom. The number of aryl methyl sites for hydroxylation is 1. The zero-order chi connectivity index (χ0) is 18.8. The van der Waals surface area contributed by atoms with E-state index in [0.29, 0.717) is 39.9 Å². The second-order valence-electron chi connectivity index (χ2n) is 6.98. The monoisotopic (exact) mass is 340 g/mol. The fourth-order valence-corrected chi connectivity index (χ4v) is 2.92. The van der Waals surface area contributed by atoms with Crippen molar-refractivity contribution in [2.45, 2.75) is 52.6 Å². The van der Waals surface area contributed by atoms with Gasteiger partial charge in [-0.3, -0.25) is 9.78 Å². The van der Waals surface area contributed by atoms with Crippen LogP contribution in [0, 0.1) is 18.3 Å². The number of nitrogens with zero attached hydrogens (tertiary/aromatic N) is 2. The Hall–Kier alpha value is -2.61. The van der Waals surface area contributed by atoms with E-state index in [0.717, 1.165) is 0 Å². The number of pyridine rings is 1. The standard InChI is InChI=1S/C20H24N2O3/c1-7-14(19(23)25-20(3,4)5)18-12(2)22-17-9-8-13(24-6)10-15(17)16(18)11-21/h8-10,14H,7H2,1-6H3. The van der Waals surface area contributed by atoms with Crippen LogP contribution in [0.4, 0.5) is 0 Å². The molecule has 0 saturated carbocycles. The third kappa shape index (κ3) is 3.90. The van der Waals surface area contributed by atoms with Crippen LogP contribution in [0.1, 0.15) is 56.9 Å². The van der Waals surface area contributed by atoms with Gasteiger partial charge in [-0.15, -0.1) is 0 Å². The summed E-state index contributed by atoms with van der Waals surface area (Å²) in [5.74, 6) is -0.221. The minimum absolute atomic E-state index is 0.335. The van der Waals surface area contributed by atoms with E-state index in [9.17, 15) is 10.1 Å². The Kier molecular flexibility index (Phi) is 5.32. The lowest BCUT2D eigenvalue weighted by Gasteiger charge is -2.25. The molecule has 132 valence electrons. The maximum absolute atomic E-state index is 12.7. The number of aromatic nitrogens is 1. The number of carbonyl (C=O) groups is 1. The summed E-state index contributed by atoms with van der Waals surface area (Å²) >= 11 is 0. The maximum Gasteiger partial charge on any atom is 0.314 e. The molecule has 1 atom stereocenters. The zero-order valence-electron chi connectivity index (χ0n) is 15.6. The van der Waals surface area contributed by atoms with E-state index in [1.807, 2.05) is 40.7 Å². The molecule has 5 nitrogen and oxygen atoms in total. The number of rotatable bonds is 4. The molecule has 2 aromatic rings. The highest BCUT2D eigenvalue weighted by Gasteiger charge is 2.30. The summed E-state index contributed by atoms with van der Waals surface area (Å²) < 4.78 is 10.8. The van der Waals surface area contributed by atoms with E-state index in [-0.39, 0.29) is 5.97 Å². The Morgan fingerprint density at radius 1 is 1.36 bits per heavy atom. The molecule has 1 unspecified atom stereocenters. The van der Waals surface area contributed by atoms with Gasteiger partial charge in [-0.25, -0.2) is 0 Å². The predicted molar refractivity (Wildman–Crippen MR) is 96.6 cm³/mol. The molecular weight excluding hydrogens is 316 g/mol. The lowest BCUT2D eigenvalue weighted by Crippen LogP contribution is -2.28. The van der Waals surface area contributed by atoms with Crippen molar-refractivity contribution in [3.63, 3.8) is 0 Å². The van der Waals surface area contributed by atoms with E-state index in [2.05, 4.69) is 11.1 Å². The molecule has 1 heterocycles. The Bertz CT molecular complexity index is 845. The number of ether oxygens (including phenoxy) is 2. The van der Waals surface area contributed by atoms with Crippen molar-refractivity contribution in [1.29, 1.82) is 5.26 Å². The number of fused-ring (bicyclic) bond motifs is 1. The third-order valence-corrected chi connectivity index (χ3v) is 3.98. The van der Waals surface area contributed by atoms with Crippen LogP contribution in [-0.4, -0.2) is 23.7 Å². The van der Waals surface area contributed by atoms with Crippen LogP contribution in [0.15, 0.2) is 18.2 Å². The molecule has 2 rings (SSSR count). The molecule has 1 aromatic heterocycles. The van der Waals surface area contributed by atoms with Gasteiger partial charge in [-0.1, -0.05) is 6.92 Å². The highest BCUT2D eigenvalue weighted by Crippen LogP contribution is 2.33. The maximum atomic E-state index is 12.7. The highest BCUT2D eigenvalue weighted by atomic mass is 16.6. The van der Waals surface area contributed by atoms with Crippen molar-refractivity contribution in [2.75, 3.05) is 7.11 Å². The number of methoxy groups -OCH3 is 1. The molecule has 0 N–H and O–H groups in total. The van der Waals surface area contributed by atoms with Crippen LogP contribution in [0.5, 0.6) is 5.75 Å². The Morgan fingerprint density at radius 3 is 2.56 bits per heavy atom. The molecule has 0 radical (unpaired) electrons. The van der Waals surface area contributed by atoms with Gasteiger partial charge in [-0.2, -0.15) is 5.26 Å². The van der Waals surface area contributed by atoms with Gasteiger partial charge >= 0.3 is 5.97 Å². The van der Waals surface area contributed by atoms with Crippen LogP contribution < -0.4 is 4.74 Å². The summed E-state index contributed by atoms with van der Waals surface area (Å²) in [4.78, 5) is 17.3. The molecule has 0 bridgehead atoms. The van der Waals surface area contributed by atoms with E-state index < -0.39 is 11.5 Å². The third-order valence-electron chi connectivity index (χ3n) is 3.98. The molecule has 0 saturated heterocycles. The van der Waals surface area contributed by atoms with Gasteiger partial charge in [0.05, 0.1) is 24.1 Å². The van der Waals surface area contributed by atoms with Crippen molar-refractivity contribution < 1.29 is 14.3 Å². The van der Waals surface area contributed by atoms with Crippen molar-refractivity contribution in [2.24, 2.45) is 0 Å². The Balaban J connectivity index is 2.68. The lowest BCUT2D eigenvalue weighted by molar-refractivity contribution is -0.156. The first-order valence-electron chi connectivity index (χ1n) is 8.33. The summed E-state index contributed by atoms with van der Waals surface area (Å²) in [5.41, 5.74) is 1.89. The molecule has 0 fully saturated rings. The van der Waals surface area contributed by atoms with Gasteiger partial charge in [0.25, 0.3) is 0 Å². The molecule has 1 aromatic carbocycles. The second-order valence-corrected chi connectivity index (χ2v) is 6.98. The minimum atomic E-state index is -0.585. The summed E-state index contributed by atoms with van der Waals surface area (Å²) in [5, 5.41) is 10.5. The molecule has 5 heteroatoms.